The Bertz CT molecular complexity index is 723. The Balaban J connectivity index is 2.10. The molecule has 0 aliphatic rings. The zero-order valence-electron chi connectivity index (χ0n) is 11.9. The molecule has 0 saturated carbocycles. The van der Waals surface area contributed by atoms with E-state index in [0.29, 0.717) is 10.7 Å². The Morgan fingerprint density at radius 2 is 2.19 bits per heavy atom. The zero-order valence-corrected chi connectivity index (χ0v) is 14.3. The van der Waals surface area contributed by atoms with Crippen LogP contribution < -0.4 is 10.9 Å². The fraction of sp³-hybridized carbons (Fsp3) is 0.385. The van der Waals surface area contributed by atoms with E-state index in [0.717, 1.165) is 9.48 Å². The van der Waals surface area contributed by atoms with Gasteiger partial charge in [0, 0.05) is 22.2 Å². The molecule has 0 atom stereocenters. The van der Waals surface area contributed by atoms with Crippen molar-refractivity contribution in [2.45, 2.75) is 33.2 Å². The Hall–Kier alpha value is -1.54. The molecule has 0 aliphatic heterocycles. The van der Waals surface area contributed by atoms with Crippen LogP contribution >= 0.6 is 27.3 Å². The first-order valence-electron chi connectivity index (χ1n) is 6.36. The molecule has 0 aliphatic carbocycles. The highest BCUT2D eigenvalue weighted by Crippen LogP contribution is 2.22. The van der Waals surface area contributed by atoms with Crippen LogP contribution in [0.1, 0.15) is 30.3 Å². The third-order valence-corrected chi connectivity index (χ3v) is 4.30. The number of halogens is 1. The van der Waals surface area contributed by atoms with E-state index in [1.54, 1.807) is 19.2 Å². The van der Waals surface area contributed by atoms with Gasteiger partial charge in [-0.25, -0.2) is 0 Å². The van der Waals surface area contributed by atoms with E-state index >= 15 is 0 Å². The number of nitrogens with zero attached hydrogens (tertiary/aromatic N) is 3. The third kappa shape index (κ3) is 3.98. The lowest BCUT2D eigenvalue weighted by Crippen LogP contribution is -2.28. The quantitative estimate of drug-likeness (QED) is 0.896. The number of nitrogens with one attached hydrogen (secondary N) is 1. The molecule has 0 radical (unpaired) electrons. The predicted molar refractivity (Wildman–Crippen MR) is 85.8 cm³/mol. The van der Waals surface area contributed by atoms with Gasteiger partial charge in [-0.05, 0) is 28.9 Å². The number of carbonyl (C=O) groups excluding carboxylic acids is 1. The van der Waals surface area contributed by atoms with Crippen LogP contribution in [0.2, 0.25) is 0 Å². The normalized spacial score (nSPS) is 10.9. The summed E-state index contributed by atoms with van der Waals surface area (Å²) in [5, 5.41) is 11.9. The maximum atomic E-state index is 12.0. The minimum atomic E-state index is -0.305. The van der Waals surface area contributed by atoms with E-state index in [1.165, 1.54) is 15.9 Å². The van der Waals surface area contributed by atoms with Crippen molar-refractivity contribution < 1.29 is 4.79 Å². The monoisotopic (exact) mass is 370 g/mol. The van der Waals surface area contributed by atoms with Crippen molar-refractivity contribution >= 4 is 38.3 Å². The number of hydrogen-bond acceptors (Lipinski definition) is 5. The lowest BCUT2D eigenvalue weighted by Gasteiger charge is -2.07. The molecule has 0 bridgehead atoms. The van der Waals surface area contributed by atoms with Crippen LogP contribution in [-0.4, -0.2) is 20.7 Å². The number of carbonyl (C=O) groups is 1. The summed E-state index contributed by atoms with van der Waals surface area (Å²) in [7, 11) is 0. The molecule has 0 aromatic carbocycles. The van der Waals surface area contributed by atoms with E-state index in [9.17, 15) is 9.59 Å². The maximum Gasteiger partial charge on any atom is 0.253 e. The number of rotatable bonds is 4. The van der Waals surface area contributed by atoms with Gasteiger partial charge in [0.05, 0.1) is 0 Å². The third-order valence-electron chi connectivity index (χ3n) is 2.73. The fourth-order valence-corrected chi connectivity index (χ4v) is 3.04. The zero-order chi connectivity index (χ0) is 15.6. The molecule has 0 saturated heterocycles. The molecule has 2 rings (SSSR count). The second-order valence-corrected chi connectivity index (χ2v) is 6.85. The summed E-state index contributed by atoms with van der Waals surface area (Å²) in [5.41, 5.74) is 0.392. The van der Waals surface area contributed by atoms with Crippen molar-refractivity contribution in [1.82, 2.24) is 14.8 Å². The van der Waals surface area contributed by atoms with Crippen LogP contribution in [0.5, 0.6) is 0 Å². The van der Waals surface area contributed by atoms with Gasteiger partial charge in [0.2, 0.25) is 11.0 Å². The van der Waals surface area contributed by atoms with Crippen LogP contribution in [0.25, 0.3) is 0 Å². The molecule has 6 nitrogen and oxygen atoms in total. The van der Waals surface area contributed by atoms with Gasteiger partial charge in [-0.2, -0.15) is 0 Å². The molecule has 8 heteroatoms. The van der Waals surface area contributed by atoms with Crippen molar-refractivity contribution in [3.63, 3.8) is 0 Å². The number of hydrogen-bond donors (Lipinski definition) is 1. The highest BCUT2D eigenvalue weighted by Gasteiger charge is 2.12. The number of pyridine rings is 1. The second-order valence-electron chi connectivity index (χ2n) is 4.92. The van der Waals surface area contributed by atoms with Gasteiger partial charge < -0.3 is 4.57 Å². The second kappa shape index (κ2) is 6.48. The molecular formula is C13H15BrN4O2S. The predicted octanol–water partition coefficient (Wildman–Crippen LogP) is 2.53. The molecule has 21 heavy (non-hydrogen) atoms. The highest BCUT2D eigenvalue weighted by molar-refractivity contribution is 9.10. The van der Waals surface area contributed by atoms with Crippen LogP contribution in [0, 0.1) is 6.92 Å². The Kier molecular flexibility index (Phi) is 4.89. The molecule has 2 aromatic heterocycles. The van der Waals surface area contributed by atoms with Gasteiger partial charge in [0.1, 0.15) is 11.6 Å². The minimum Gasteiger partial charge on any atom is -0.305 e. The number of anilines is 1. The van der Waals surface area contributed by atoms with Crippen LogP contribution in [0.3, 0.4) is 0 Å². The van der Waals surface area contributed by atoms with Gasteiger partial charge in [0.25, 0.3) is 5.56 Å². The molecule has 1 N–H and O–H groups in total. The summed E-state index contributed by atoms with van der Waals surface area (Å²) in [6.07, 6.45) is 1.59. The van der Waals surface area contributed by atoms with Crippen LogP contribution in [0.4, 0.5) is 5.13 Å². The van der Waals surface area contributed by atoms with E-state index < -0.39 is 0 Å². The average Bonchev–Trinajstić information content (AvgIpc) is 2.83. The lowest BCUT2D eigenvalue weighted by molar-refractivity contribution is -0.116. The van der Waals surface area contributed by atoms with Gasteiger partial charge in [0.15, 0.2) is 0 Å². The van der Waals surface area contributed by atoms with E-state index in [2.05, 4.69) is 31.4 Å². The summed E-state index contributed by atoms with van der Waals surface area (Å²) < 4.78 is 2.12. The lowest BCUT2D eigenvalue weighted by atomic mass is 10.2. The molecule has 0 fully saturated rings. The molecule has 0 spiro atoms. The van der Waals surface area contributed by atoms with Crippen molar-refractivity contribution in [3.05, 3.63) is 37.7 Å². The summed E-state index contributed by atoms with van der Waals surface area (Å²) in [6, 6.07) is 1.72. The number of amides is 1. The Morgan fingerprint density at radius 1 is 1.48 bits per heavy atom. The van der Waals surface area contributed by atoms with Gasteiger partial charge in [-0.1, -0.05) is 25.2 Å². The summed E-state index contributed by atoms with van der Waals surface area (Å²) >= 11 is 4.65. The summed E-state index contributed by atoms with van der Waals surface area (Å²) in [4.78, 5) is 23.9. The minimum absolute atomic E-state index is 0.0598. The fourth-order valence-electron chi connectivity index (χ4n) is 1.69. The van der Waals surface area contributed by atoms with Crippen molar-refractivity contribution in [2.24, 2.45) is 0 Å². The van der Waals surface area contributed by atoms with Crippen molar-refractivity contribution in [2.75, 3.05) is 5.32 Å². The van der Waals surface area contributed by atoms with Gasteiger partial charge >= 0.3 is 0 Å². The van der Waals surface area contributed by atoms with Crippen molar-refractivity contribution in [1.29, 1.82) is 0 Å². The maximum absolute atomic E-state index is 12.0. The molecule has 0 unspecified atom stereocenters. The van der Waals surface area contributed by atoms with Gasteiger partial charge in [-0.3, -0.25) is 14.9 Å². The average molecular weight is 371 g/mol. The number of aromatic nitrogens is 3. The van der Waals surface area contributed by atoms with Gasteiger partial charge in [-0.15, -0.1) is 10.2 Å². The Morgan fingerprint density at radius 3 is 2.81 bits per heavy atom. The molecule has 112 valence electrons. The summed E-state index contributed by atoms with van der Waals surface area (Å²) in [5.74, 6) is -0.0374. The molecular weight excluding hydrogens is 356 g/mol. The standard InChI is InChI=1S/C13H15BrN4O2S/c1-7(2)11-16-17-13(21-11)15-10(19)6-18-5-9(14)4-8(3)12(18)20/h4-5,7H,6H2,1-3H3,(H,15,17,19). The van der Waals surface area contributed by atoms with E-state index in [4.69, 9.17) is 0 Å². The SMILES string of the molecule is Cc1cc(Br)cn(CC(=O)Nc2nnc(C(C)C)s2)c1=O. The number of aryl methyl sites for hydroxylation is 1. The first kappa shape index (κ1) is 15.8. The van der Waals surface area contributed by atoms with Crippen LogP contribution in [-0.2, 0) is 11.3 Å². The topological polar surface area (TPSA) is 76.9 Å². The first-order chi connectivity index (χ1) is 9.86. The van der Waals surface area contributed by atoms with Crippen LogP contribution in [0.15, 0.2) is 21.5 Å². The van der Waals surface area contributed by atoms with E-state index in [1.807, 2.05) is 13.8 Å². The highest BCUT2D eigenvalue weighted by atomic mass is 79.9. The molecule has 1 amide bonds. The largest absolute Gasteiger partial charge is 0.305 e. The smallest absolute Gasteiger partial charge is 0.253 e. The Labute approximate surface area is 134 Å². The van der Waals surface area contributed by atoms with Crippen molar-refractivity contribution in [3.8, 4) is 0 Å². The van der Waals surface area contributed by atoms with E-state index in [-0.39, 0.29) is 23.9 Å². The first-order valence-corrected chi connectivity index (χ1v) is 7.97. The molecule has 2 heterocycles. The molecule has 2 aromatic rings. The summed E-state index contributed by atoms with van der Waals surface area (Å²) in [6.45, 7) is 5.67.